The van der Waals surface area contributed by atoms with Crippen LogP contribution in [-0.4, -0.2) is 21.6 Å². The smallest absolute Gasteiger partial charge is 0.159 e. The highest BCUT2D eigenvalue weighted by Gasteiger charge is 2.28. The Hall–Kier alpha value is -1.75. The Morgan fingerprint density at radius 1 is 1.35 bits per heavy atom. The summed E-state index contributed by atoms with van der Waals surface area (Å²) in [6, 6.07) is 4.40. The van der Waals surface area contributed by atoms with Crippen molar-refractivity contribution in [3.63, 3.8) is 0 Å². The fourth-order valence-electron chi connectivity index (χ4n) is 2.91. The molecule has 3 nitrogen and oxygen atoms in total. The highest BCUT2D eigenvalue weighted by Crippen LogP contribution is 2.33. The average Bonchev–Trinajstić information content (AvgIpc) is 3.02. The molecule has 0 amide bonds. The van der Waals surface area contributed by atoms with Gasteiger partial charge in [-0.3, -0.25) is 10.00 Å². The molecule has 2 heterocycles. The average molecular weight is 277 g/mol. The molecule has 0 bridgehead atoms. The predicted molar refractivity (Wildman–Crippen MR) is 72.1 cm³/mol. The number of nitrogens with one attached hydrogen (secondary N) is 1. The molecule has 0 radical (unpaired) electrons. The second-order valence-electron chi connectivity index (χ2n) is 5.34. The van der Waals surface area contributed by atoms with Gasteiger partial charge in [0.25, 0.3) is 0 Å². The van der Waals surface area contributed by atoms with Gasteiger partial charge in [0.1, 0.15) is 0 Å². The van der Waals surface area contributed by atoms with E-state index >= 15 is 0 Å². The van der Waals surface area contributed by atoms with Crippen molar-refractivity contribution in [3.8, 4) is 0 Å². The van der Waals surface area contributed by atoms with Gasteiger partial charge >= 0.3 is 0 Å². The third-order valence-corrected chi connectivity index (χ3v) is 3.93. The number of hydrogen-bond acceptors (Lipinski definition) is 2. The Bertz CT molecular complexity index is 609. The van der Waals surface area contributed by atoms with Crippen LogP contribution in [0.5, 0.6) is 0 Å². The van der Waals surface area contributed by atoms with Gasteiger partial charge in [0.05, 0.1) is 17.9 Å². The van der Waals surface area contributed by atoms with Crippen molar-refractivity contribution in [2.45, 2.75) is 32.4 Å². The molecule has 20 heavy (non-hydrogen) atoms. The highest BCUT2D eigenvalue weighted by molar-refractivity contribution is 5.21. The maximum absolute atomic E-state index is 13.3. The minimum absolute atomic E-state index is 0.283. The highest BCUT2D eigenvalue weighted by atomic mass is 19.2. The molecule has 1 fully saturated rings. The summed E-state index contributed by atoms with van der Waals surface area (Å²) in [7, 11) is 0. The van der Waals surface area contributed by atoms with E-state index in [1.165, 1.54) is 12.1 Å². The number of rotatable bonds is 3. The summed E-state index contributed by atoms with van der Waals surface area (Å²) in [5.41, 5.74) is 3.07. The third-order valence-electron chi connectivity index (χ3n) is 3.93. The van der Waals surface area contributed by atoms with Crippen LogP contribution in [-0.2, 0) is 6.54 Å². The van der Waals surface area contributed by atoms with Crippen LogP contribution in [0.4, 0.5) is 8.78 Å². The number of likely N-dealkylation sites (tertiary alicyclic amines) is 1. The van der Waals surface area contributed by atoms with E-state index < -0.39 is 11.6 Å². The second-order valence-corrected chi connectivity index (χ2v) is 5.34. The zero-order valence-corrected chi connectivity index (χ0v) is 11.4. The molecule has 0 unspecified atom stereocenters. The first-order chi connectivity index (χ1) is 9.65. The molecule has 1 aromatic heterocycles. The van der Waals surface area contributed by atoms with Crippen LogP contribution in [0.1, 0.15) is 35.7 Å². The van der Waals surface area contributed by atoms with Gasteiger partial charge in [-0.15, -0.1) is 0 Å². The zero-order valence-electron chi connectivity index (χ0n) is 11.4. The lowest BCUT2D eigenvalue weighted by molar-refractivity contribution is 0.243. The van der Waals surface area contributed by atoms with E-state index in [0.29, 0.717) is 6.54 Å². The molecule has 1 aliphatic heterocycles. The van der Waals surface area contributed by atoms with Gasteiger partial charge in [-0.2, -0.15) is 5.10 Å². The lowest BCUT2D eigenvalue weighted by Gasteiger charge is -2.24. The SMILES string of the molecule is Cc1cn[nH]c1[C@H]1CCCN1Cc1ccc(F)c(F)c1. The van der Waals surface area contributed by atoms with Crippen molar-refractivity contribution in [1.82, 2.24) is 15.1 Å². The molecule has 5 heteroatoms. The number of H-pyrrole nitrogens is 1. The maximum Gasteiger partial charge on any atom is 0.159 e. The minimum atomic E-state index is -0.795. The monoisotopic (exact) mass is 277 g/mol. The molecule has 1 atom stereocenters. The molecular weight excluding hydrogens is 260 g/mol. The van der Waals surface area contributed by atoms with Gasteiger partial charge in [0.2, 0.25) is 0 Å². The number of nitrogens with zero attached hydrogens (tertiary/aromatic N) is 2. The van der Waals surface area contributed by atoms with E-state index in [0.717, 1.165) is 36.2 Å². The molecule has 1 aromatic carbocycles. The predicted octanol–water partition coefficient (Wildman–Crippen LogP) is 3.33. The lowest BCUT2D eigenvalue weighted by Crippen LogP contribution is -2.23. The van der Waals surface area contributed by atoms with E-state index in [-0.39, 0.29) is 6.04 Å². The summed E-state index contributed by atoms with van der Waals surface area (Å²) in [6.07, 6.45) is 3.99. The van der Waals surface area contributed by atoms with Gasteiger partial charge in [-0.25, -0.2) is 8.78 Å². The molecule has 1 aliphatic rings. The summed E-state index contributed by atoms with van der Waals surface area (Å²) in [5.74, 6) is -1.58. The van der Waals surface area contributed by atoms with Gasteiger partial charge in [-0.1, -0.05) is 6.07 Å². The van der Waals surface area contributed by atoms with Gasteiger partial charge in [-0.05, 0) is 49.6 Å². The Balaban J connectivity index is 1.79. The van der Waals surface area contributed by atoms with Crippen molar-refractivity contribution >= 4 is 0 Å². The molecule has 0 saturated carbocycles. The molecule has 3 rings (SSSR count). The van der Waals surface area contributed by atoms with E-state index in [1.807, 2.05) is 13.1 Å². The van der Waals surface area contributed by atoms with Crippen LogP contribution >= 0.6 is 0 Å². The lowest BCUT2D eigenvalue weighted by atomic mass is 10.1. The van der Waals surface area contributed by atoms with Crippen LogP contribution in [0.3, 0.4) is 0 Å². The van der Waals surface area contributed by atoms with Gasteiger partial charge in [0, 0.05) is 6.54 Å². The van der Waals surface area contributed by atoms with Crippen molar-refractivity contribution in [3.05, 3.63) is 52.9 Å². The Kier molecular flexibility index (Phi) is 3.53. The first-order valence-electron chi connectivity index (χ1n) is 6.83. The quantitative estimate of drug-likeness (QED) is 0.933. The summed E-state index contributed by atoms with van der Waals surface area (Å²) in [5, 5.41) is 7.13. The maximum atomic E-state index is 13.3. The molecule has 1 N–H and O–H groups in total. The first-order valence-corrected chi connectivity index (χ1v) is 6.83. The second kappa shape index (κ2) is 5.32. The first kappa shape index (κ1) is 13.2. The summed E-state index contributed by atoms with van der Waals surface area (Å²) in [4.78, 5) is 2.28. The van der Waals surface area contributed by atoms with Crippen LogP contribution in [0, 0.1) is 18.6 Å². The van der Waals surface area contributed by atoms with Crippen molar-refractivity contribution in [2.75, 3.05) is 6.54 Å². The number of benzene rings is 1. The van der Waals surface area contributed by atoms with Crippen LogP contribution < -0.4 is 0 Å². The van der Waals surface area contributed by atoms with Crippen molar-refractivity contribution in [1.29, 1.82) is 0 Å². The number of hydrogen-bond donors (Lipinski definition) is 1. The standard InChI is InChI=1S/C15H17F2N3/c1-10-8-18-19-15(10)14-3-2-6-20(14)9-11-4-5-12(16)13(17)7-11/h4-5,7-8,14H,2-3,6,9H2,1H3,(H,18,19)/t14-/m1/s1. The molecule has 106 valence electrons. The van der Waals surface area contributed by atoms with Crippen molar-refractivity contribution < 1.29 is 8.78 Å². The summed E-state index contributed by atoms with van der Waals surface area (Å²) in [6.45, 7) is 3.62. The zero-order chi connectivity index (χ0) is 14.1. The minimum Gasteiger partial charge on any atom is -0.291 e. The molecule has 2 aromatic rings. The topological polar surface area (TPSA) is 31.9 Å². The number of halogens is 2. The summed E-state index contributed by atoms with van der Waals surface area (Å²) < 4.78 is 26.2. The fraction of sp³-hybridized carbons (Fsp3) is 0.400. The molecule has 1 saturated heterocycles. The normalized spacial score (nSPS) is 19.6. The fourth-order valence-corrected chi connectivity index (χ4v) is 2.91. The largest absolute Gasteiger partial charge is 0.291 e. The molecule has 0 aliphatic carbocycles. The molecular formula is C15H17F2N3. The van der Waals surface area contributed by atoms with Crippen LogP contribution in [0.2, 0.25) is 0 Å². The van der Waals surface area contributed by atoms with Gasteiger partial charge < -0.3 is 0 Å². The number of aryl methyl sites for hydroxylation is 1. The molecule has 0 spiro atoms. The van der Waals surface area contributed by atoms with Crippen LogP contribution in [0.15, 0.2) is 24.4 Å². The Morgan fingerprint density at radius 2 is 2.20 bits per heavy atom. The van der Waals surface area contributed by atoms with E-state index in [1.54, 1.807) is 6.07 Å². The Morgan fingerprint density at radius 3 is 2.90 bits per heavy atom. The summed E-state index contributed by atoms with van der Waals surface area (Å²) >= 11 is 0. The van der Waals surface area contributed by atoms with Crippen molar-refractivity contribution in [2.24, 2.45) is 0 Å². The van der Waals surface area contributed by atoms with E-state index in [2.05, 4.69) is 15.1 Å². The van der Waals surface area contributed by atoms with E-state index in [9.17, 15) is 8.78 Å². The Labute approximate surface area is 116 Å². The third kappa shape index (κ3) is 2.45. The van der Waals surface area contributed by atoms with Gasteiger partial charge in [0.15, 0.2) is 11.6 Å². The number of aromatic amines is 1. The van der Waals surface area contributed by atoms with E-state index in [4.69, 9.17) is 0 Å². The van der Waals surface area contributed by atoms with Crippen LogP contribution in [0.25, 0.3) is 0 Å². The number of aromatic nitrogens is 2.